The summed E-state index contributed by atoms with van der Waals surface area (Å²) in [5.74, 6) is 0.533. The van der Waals surface area contributed by atoms with Crippen molar-refractivity contribution in [1.29, 1.82) is 0 Å². The Morgan fingerprint density at radius 2 is 2.22 bits per heavy atom. The summed E-state index contributed by atoms with van der Waals surface area (Å²) < 4.78 is 25.0. The molecule has 1 aliphatic heterocycles. The summed E-state index contributed by atoms with van der Waals surface area (Å²) >= 11 is 1.42. The number of Topliss-reactive ketones (excluding diaryl/α,β-unsaturated/α-hetero) is 1. The predicted molar refractivity (Wildman–Crippen MR) is 89.3 cm³/mol. The Bertz CT molecular complexity index is 753. The summed E-state index contributed by atoms with van der Waals surface area (Å²) in [4.78, 5) is 22.1. The van der Waals surface area contributed by atoms with Crippen LogP contribution in [0.15, 0.2) is 27.8 Å². The zero-order valence-corrected chi connectivity index (χ0v) is 14.7. The first kappa shape index (κ1) is 17.7. The van der Waals surface area contributed by atoms with E-state index in [4.69, 9.17) is 5.14 Å². The van der Waals surface area contributed by atoms with Crippen LogP contribution >= 0.6 is 11.3 Å². The minimum Gasteiger partial charge on any atom is -0.326 e. The molecular weight excluding hydrogens is 338 g/mol. The lowest BCUT2D eigenvalue weighted by Crippen LogP contribution is -2.41. The molecule has 0 saturated carbocycles. The number of likely N-dealkylation sites (tertiary alicyclic amines) is 1. The zero-order valence-electron chi connectivity index (χ0n) is 13.1. The molecule has 0 amide bonds. The molecule has 10 heteroatoms. The fraction of sp³-hybridized carbons (Fsp3) is 0.462. The fourth-order valence-electron chi connectivity index (χ4n) is 2.49. The quantitative estimate of drug-likeness (QED) is 0.455. The number of allylic oxidation sites excluding steroid dienone is 1. The number of aliphatic imine (C=N–C) groups is 1. The molecule has 0 aromatic carbocycles. The van der Waals surface area contributed by atoms with Crippen molar-refractivity contribution in [3.05, 3.63) is 27.9 Å². The van der Waals surface area contributed by atoms with Crippen molar-refractivity contribution in [2.75, 3.05) is 13.6 Å². The van der Waals surface area contributed by atoms with E-state index in [2.05, 4.69) is 14.7 Å². The van der Waals surface area contributed by atoms with Gasteiger partial charge in [0.15, 0.2) is 16.6 Å². The van der Waals surface area contributed by atoms with Gasteiger partial charge in [-0.3, -0.25) is 9.79 Å². The number of rotatable bonds is 4. The summed E-state index contributed by atoms with van der Waals surface area (Å²) in [6.45, 7) is 3.54. The van der Waals surface area contributed by atoms with Crippen molar-refractivity contribution in [2.45, 2.75) is 26.3 Å². The number of nitrogens with one attached hydrogen (secondary N) is 1. The highest BCUT2D eigenvalue weighted by Gasteiger charge is 2.34. The van der Waals surface area contributed by atoms with Gasteiger partial charge in [-0.05, 0) is 13.8 Å². The summed E-state index contributed by atoms with van der Waals surface area (Å²) in [5, 5.41) is 7.60. The van der Waals surface area contributed by atoms with Crippen molar-refractivity contribution in [1.82, 2.24) is 14.6 Å². The first-order chi connectivity index (χ1) is 10.7. The zero-order chi connectivity index (χ0) is 17.2. The van der Waals surface area contributed by atoms with Crippen molar-refractivity contribution in [3.63, 3.8) is 0 Å². The minimum absolute atomic E-state index is 0.0733. The Morgan fingerprint density at radius 3 is 2.70 bits per heavy atom. The van der Waals surface area contributed by atoms with E-state index in [-0.39, 0.29) is 5.78 Å². The smallest absolute Gasteiger partial charge is 0.274 e. The van der Waals surface area contributed by atoms with Crippen LogP contribution < -0.4 is 9.86 Å². The number of thiazole rings is 1. The number of ketones is 1. The molecule has 126 valence electrons. The molecule has 0 unspecified atom stereocenters. The van der Waals surface area contributed by atoms with Crippen molar-refractivity contribution >= 4 is 33.2 Å². The predicted octanol–water partition coefficient (Wildman–Crippen LogP) is 0.250. The van der Waals surface area contributed by atoms with Gasteiger partial charge in [-0.2, -0.15) is 13.1 Å². The van der Waals surface area contributed by atoms with E-state index in [0.717, 1.165) is 5.70 Å². The highest BCUT2D eigenvalue weighted by molar-refractivity contribution is 7.87. The second-order valence-corrected chi connectivity index (χ2v) is 7.41. The van der Waals surface area contributed by atoms with Crippen molar-refractivity contribution in [2.24, 2.45) is 10.1 Å². The second-order valence-electron chi connectivity index (χ2n) is 5.19. The van der Waals surface area contributed by atoms with E-state index in [1.54, 1.807) is 20.2 Å². The van der Waals surface area contributed by atoms with E-state index in [9.17, 15) is 13.2 Å². The summed E-state index contributed by atoms with van der Waals surface area (Å²) in [7, 11) is -2.19. The maximum atomic E-state index is 11.8. The van der Waals surface area contributed by atoms with Crippen LogP contribution in [0, 0.1) is 0 Å². The summed E-state index contributed by atoms with van der Waals surface area (Å²) in [6.07, 6.45) is 2.04. The Morgan fingerprint density at radius 1 is 1.52 bits per heavy atom. The summed E-state index contributed by atoms with van der Waals surface area (Å²) in [5.41, 5.74) is 1.30. The molecule has 1 atom stereocenters. The Hall–Kier alpha value is -1.62. The normalized spacial score (nSPS) is 21.7. The van der Waals surface area contributed by atoms with Gasteiger partial charge in [0.05, 0.1) is 0 Å². The lowest BCUT2D eigenvalue weighted by molar-refractivity contribution is -0.113. The fourth-order valence-corrected chi connectivity index (χ4v) is 3.79. The van der Waals surface area contributed by atoms with Gasteiger partial charge in [0.25, 0.3) is 10.2 Å². The average Bonchev–Trinajstić information content (AvgIpc) is 3.07. The van der Waals surface area contributed by atoms with Crippen LogP contribution in [0.4, 0.5) is 0 Å². The molecule has 2 heterocycles. The molecule has 1 fully saturated rings. The molecule has 3 N–H and O–H groups in total. The Labute approximate surface area is 139 Å². The number of aromatic nitrogens is 1. The topological polar surface area (TPSA) is 118 Å². The van der Waals surface area contributed by atoms with Crippen molar-refractivity contribution in [3.8, 4) is 0 Å². The van der Waals surface area contributed by atoms with E-state index in [1.807, 2.05) is 10.3 Å². The largest absolute Gasteiger partial charge is 0.326 e. The van der Waals surface area contributed by atoms with Gasteiger partial charge in [0.1, 0.15) is 0 Å². The molecule has 0 spiro atoms. The number of amidine groups is 1. The molecule has 0 aliphatic carbocycles. The molecule has 23 heavy (non-hydrogen) atoms. The Balaban J connectivity index is 2.41. The molecular formula is C13H19N5O3S2. The number of nitrogens with two attached hydrogens (primary N) is 1. The van der Waals surface area contributed by atoms with Crippen LogP contribution in [0.2, 0.25) is 0 Å². The highest BCUT2D eigenvalue weighted by atomic mass is 32.2. The van der Waals surface area contributed by atoms with Crippen LogP contribution in [0.1, 0.15) is 25.3 Å². The van der Waals surface area contributed by atoms with Gasteiger partial charge in [0, 0.05) is 48.9 Å². The lowest BCUT2D eigenvalue weighted by atomic mass is 10.1. The first-order valence-corrected chi connectivity index (χ1v) is 9.30. The number of hydrogen-bond acceptors (Lipinski definition) is 6. The van der Waals surface area contributed by atoms with Gasteiger partial charge >= 0.3 is 0 Å². The summed E-state index contributed by atoms with van der Waals surface area (Å²) in [6, 6.07) is -0.425. The van der Waals surface area contributed by atoms with Crippen LogP contribution in [0.3, 0.4) is 0 Å². The average molecular weight is 357 g/mol. The molecule has 0 radical (unpaired) electrons. The number of carbonyl (C=O) groups is 1. The molecule has 1 aromatic rings. The van der Waals surface area contributed by atoms with Gasteiger partial charge < -0.3 is 4.90 Å². The molecule has 1 aliphatic rings. The molecule has 1 aromatic heterocycles. The van der Waals surface area contributed by atoms with Crippen molar-refractivity contribution < 1.29 is 13.2 Å². The molecule has 0 bridgehead atoms. The standard InChI is InChI=1S/C13H19N5O3S2/c1-8(9(2)19)11-6-10(17-23(14,20)21)7-18(11)12(15-3)13-16-4-5-22-13/h4-5,10,17H,6-7H2,1-3H3,(H2,14,20,21)/b11-8+,15-12?/t10-/m0/s1. The molecule has 8 nitrogen and oxygen atoms in total. The highest BCUT2D eigenvalue weighted by Crippen LogP contribution is 2.28. The minimum atomic E-state index is -3.82. The monoisotopic (exact) mass is 357 g/mol. The van der Waals surface area contributed by atoms with E-state index >= 15 is 0 Å². The van der Waals surface area contributed by atoms with Gasteiger partial charge in [-0.25, -0.2) is 10.1 Å². The Kier molecular flexibility index (Phi) is 5.30. The number of carbonyl (C=O) groups excluding carboxylic acids is 1. The second kappa shape index (κ2) is 6.87. The van der Waals surface area contributed by atoms with Gasteiger partial charge in [-0.1, -0.05) is 0 Å². The third-order valence-corrected chi connectivity index (χ3v) is 4.98. The van der Waals surface area contributed by atoms with Crippen LogP contribution in [-0.2, 0) is 15.0 Å². The third kappa shape index (κ3) is 4.22. The van der Waals surface area contributed by atoms with Crippen LogP contribution in [-0.4, -0.2) is 49.6 Å². The van der Waals surface area contributed by atoms with E-state index in [1.165, 1.54) is 18.3 Å². The van der Waals surface area contributed by atoms with Crippen LogP contribution in [0.25, 0.3) is 0 Å². The number of hydrogen-bond donors (Lipinski definition) is 2. The maximum Gasteiger partial charge on any atom is 0.274 e. The number of nitrogens with zero attached hydrogens (tertiary/aromatic N) is 3. The van der Waals surface area contributed by atoms with E-state index in [0.29, 0.717) is 29.4 Å². The van der Waals surface area contributed by atoms with Gasteiger partial charge in [0.2, 0.25) is 0 Å². The lowest BCUT2D eigenvalue weighted by Gasteiger charge is -2.22. The van der Waals surface area contributed by atoms with Crippen LogP contribution in [0.5, 0.6) is 0 Å². The first-order valence-electron chi connectivity index (χ1n) is 6.88. The third-order valence-electron chi connectivity index (χ3n) is 3.55. The molecule has 2 rings (SSSR count). The maximum absolute atomic E-state index is 11.8. The van der Waals surface area contributed by atoms with Gasteiger partial charge in [-0.15, -0.1) is 11.3 Å². The van der Waals surface area contributed by atoms with E-state index < -0.39 is 16.3 Å². The SMILES string of the molecule is CN=C(c1nccs1)N1C[C@@H](NS(N)(=O)=O)C/C1=C(/C)C(C)=O. The molecule has 1 saturated heterocycles.